The van der Waals surface area contributed by atoms with Gasteiger partial charge >= 0.3 is 11.9 Å². The third-order valence-corrected chi connectivity index (χ3v) is 9.35. The highest BCUT2D eigenvalue weighted by Crippen LogP contribution is 2.37. The van der Waals surface area contributed by atoms with E-state index in [1.807, 2.05) is 42.5 Å². The number of allylic oxidation sites excluding steroid dienone is 2. The highest BCUT2D eigenvalue weighted by Gasteiger charge is 2.40. The maximum absolute atomic E-state index is 13.5. The molecule has 1 aliphatic heterocycles. The third-order valence-electron chi connectivity index (χ3n) is 8.73. The van der Waals surface area contributed by atoms with Crippen molar-refractivity contribution in [2.24, 2.45) is 16.9 Å². The summed E-state index contributed by atoms with van der Waals surface area (Å²) < 4.78 is 16.9. The number of methoxy groups -OCH3 is 2. The number of fused-ring (bicyclic) bond motifs is 1. The number of aliphatic hydroxyl groups is 1. The normalized spacial score (nSPS) is 16.9. The Kier molecular flexibility index (Phi) is 15.7. The van der Waals surface area contributed by atoms with Crippen LogP contribution in [0, 0.1) is 11.8 Å². The molecule has 0 bridgehead atoms. The molecule has 5 rings (SSSR count). The molecule has 1 aliphatic carbocycles. The predicted octanol–water partition coefficient (Wildman–Crippen LogP) is 6.12. The number of hydrogen-bond donors (Lipinski definition) is 5. The summed E-state index contributed by atoms with van der Waals surface area (Å²) in [5, 5.41) is 36.4. The number of carboxylic acids is 2. The number of aliphatic hydroxyl groups excluding tert-OH is 1. The molecule has 288 valence electrons. The second-order valence-electron chi connectivity index (χ2n) is 12.4. The average molecular weight is 784 g/mol. The van der Waals surface area contributed by atoms with Gasteiger partial charge in [-0.05, 0) is 85.8 Å². The number of aliphatic carboxylic acids is 2. The summed E-state index contributed by atoms with van der Waals surface area (Å²) in [5.41, 5.74) is 9.47. The standard InChI is InChI=1S/C35H40Cl2N4O5.C4H4O4/c1-44-31-14-11-23(19-32(31)45-2)34-26-7-3-4-8-27(26)35(43)41(40-34)21-22-9-12-25(13-10-22)46-16-6-5-15-39-20-30(42)24-17-28(36)33(38)29(37)18-24;5-3(6)1-2-4(7)8/h3-4,9-14,17-19,26-27,30,39,42H,5-8,15-16,20-21,38H2,1-2H3;1-2H,(H,5,6)(H,7,8)/t26-,27+,30?;/m0./s1. The number of carbonyl (C=O) groups excluding carboxylic acids is 1. The van der Waals surface area contributed by atoms with Crippen LogP contribution in [-0.2, 0) is 20.9 Å². The molecule has 6 N–H and O–H groups in total. The number of carbonyl (C=O) groups is 3. The van der Waals surface area contributed by atoms with E-state index in [9.17, 15) is 19.5 Å². The number of benzene rings is 3. The van der Waals surface area contributed by atoms with Crippen LogP contribution in [0.2, 0.25) is 10.0 Å². The highest BCUT2D eigenvalue weighted by atomic mass is 35.5. The molecule has 2 aliphatic rings. The fourth-order valence-corrected chi connectivity index (χ4v) is 6.42. The molecule has 13 nitrogen and oxygen atoms in total. The number of rotatable bonds is 16. The Balaban J connectivity index is 0.000000730. The van der Waals surface area contributed by atoms with Crippen molar-refractivity contribution in [2.45, 2.75) is 38.3 Å². The number of hydrogen-bond acceptors (Lipinski definition) is 10. The van der Waals surface area contributed by atoms with E-state index in [0.717, 1.165) is 48.4 Å². The zero-order chi connectivity index (χ0) is 39.2. The van der Waals surface area contributed by atoms with Crippen LogP contribution < -0.4 is 25.3 Å². The summed E-state index contributed by atoms with van der Waals surface area (Å²) in [6.45, 7) is 2.03. The minimum atomic E-state index is -1.26. The maximum atomic E-state index is 13.5. The van der Waals surface area contributed by atoms with Crippen molar-refractivity contribution >= 4 is 52.4 Å². The Morgan fingerprint density at radius 2 is 1.57 bits per heavy atom. The zero-order valence-corrected chi connectivity index (χ0v) is 31.4. The van der Waals surface area contributed by atoms with Crippen molar-refractivity contribution in [3.8, 4) is 17.2 Å². The lowest BCUT2D eigenvalue weighted by Crippen LogP contribution is -2.45. The quantitative estimate of drug-likeness (QED) is 0.0487. The lowest BCUT2D eigenvalue weighted by Gasteiger charge is -2.37. The van der Waals surface area contributed by atoms with E-state index in [4.69, 9.17) is 58.5 Å². The Bertz CT molecular complexity index is 1830. The smallest absolute Gasteiger partial charge is 0.328 e. The van der Waals surface area contributed by atoms with Gasteiger partial charge in [-0.3, -0.25) is 4.79 Å². The number of hydrazone groups is 1. The molecule has 1 heterocycles. The van der Waals surface area contributed by atoms with Crippen molar-refractivity contribution in [1.82, 2.24) is 10.3 Å². The molecule has 0 radical (unpaired) electrons. The van der Waals surface area contributed by atoms with E-state index in [1.165, 1.54) is 0 Å². The molecule has 0 saturated carbocycles. The first-order valence-corrected chi connectivity index (χ1v) is 17.9. The molecule has 1 amide bonds. The van der Waals surface area contributed by atoms with E-state index < -0.39 is 18.0 Å². The lowest BCUT2D eigenvalue weighted by atomic mass is 9.76. The minimum Gasteiger partial charge on any atom is -0.494 e. The van der Waals surface area contributed by atoms with Crippen molar-refractivity contribution in [3.05, 3.63) is 106 Å². The topological polar surface area (TPSA) is 193 Å². The summed E-state index contributed by atoms with van der Waals surface area (Å²) in [4.78, 5) is 32.6. The van der Waals surface area contributed by atoms with Crippen LogP contribution in [0.1, 0.15) is 48.5 Å². The van der Waals surface area contributed by atoms with Gasteiger partial charge in [-0.15, -0.1) is 0 Å². The first-order chi connectivity index (χ1) is 25.9. The number of halogens is 2. The SMILES string of the molecule is COc1ccc(C2=NN(Cc3ccc(OCCCCNCC(O)c4cc(Cl)c(N)c(Cl)c4)cc3)C(=O)[C@@H]3CC=CC[C@H]23)cc1OC.O=C(O)C=CC(=O)O. The van der Waals surface area contributed by atoms with Gasteiger partial charge in [0.05, 0.1) is 60.8 Å². The van der Waals surface area contributed by atoms with Gasteiger partial charge in [0.25, 0.3) is 0 Å². The number of carboxylic acid groups (broad SMARTS) is 2. The van der Waals surface area contributed by atoms with Crippen LogP contribution in [0.4, 0.5) is 5.69 Å². The van der Waals surface area contributed by atoms with Gasteiger partial charge in [-0.25, -0.2) is 14.6 Å². The van der Waals surface area contributed by atoms with Crippen molar-refractivity contribution in [1.29, 1.82) is 0 Å². The van der Waals surface area contributed by atoms with E-state index >= 15 is 0 Å². The van der Waals surface area contributed by atoms with Crippen molar-refractivity contribution in [2.75, 3.05) is 39.6 Å². The van der Waals surface area contributed by atoms with Gasteiger partial charge in [-0.1, -0.05) is 47.5 Å². The van der Waals surface area contributed by atoms with E-state index in [-0.39, 0.29) is 17.7 Å². The summed E-state index contributed by atoms with van der Waals surface area (Å²) in [6, 6.07) is 16.8. The largest absolute Gasteiger partial charge is 0.494 e. The Morgan fingerprint density at radius 1 is 0.944 bits per heavy atom. The number of ether oxygens (including phenoxy) is 3. The first-order valence-electron chi connectivity index (χ1n) is 17.2. The van der Waals surface area contributed by atoms with Gasteiger partial charge in [0.1, 0.15) is 5.75 Å². The number of anilines is 1. The maximum Gasteiger partial charge on any atom is 0.328 e. The van der Waals surface area contributed by atoms with Crippen LogP contribution >= 0.6 is 23.2 Å². The lowest BCUT2D eigenvalue weighted by molar-refractivity contribution is -0.138. The van der Waals surface area contributed by atoms with E-state index in [2.05, 4.69) is 17.5 Å². The molecule has 3 aromatic carbocycles. The monoisotopic (exact) mass is 782 g/mol. The second-order valence-corrected chi connectivity index (χ2v) is 13.2. The molecular formula is C39H44Cl2N4O9. The number of amides is 1. The molecule has 0 fully saturated rings. The van der Waals surface area contributed by atoms with Crippen LogP contribution in [-0.4, -0.2) is 77.8 Å². The van der Waals surface area contributed by atoms with Crippen LogP contribution in [0.15, 0.2) is 84.0 Å². The molecule has 0 saturated heterocycles. The van der Waals surface area contributed by atoms with Gasteiger partial charge in [0.15, 0.2) is 11.5 Å². The molecule has 3 aromatic rings. The number of nitrogens with one attached hydrogen (secondary N) is 1. The fourth-order valence-electron chi connectivity index (χ4n) is 5.92. The van der Waals surface area contributed by atoms with Gasteiger partial charge in [0, 0.05) is 30.2 Å². The zero-order valence-electron chi connectivity index (χ0n) is 29.9. The van der Waals surface area contributed by atoms with Gasteiger partial charge in [0.2, 0.25) is 5.91 Å². The second kappa shape index (κ2) is 20.4. The van der Waals surface area contributed by atoms with Crippen LogP contribution in [0.25, 0.3) is 0 Å². The fraction of sp³-hybridized carbons (Fsp3) is 0.333. The van der Waals surface area contributed by atoms with Gasteiger partial charge in [-0.2, -0.15) is 5.10 Å². The summed E-state index contributed by atoms with van der Waals surface area (Å²) in [6.07, 6.45) is 7.79. The van der Waals surface area contributed by atoms with Crippen molar-refractivity contribution < 1.29 is 43.9 Å². The van der Waals surface area contributed by atoms with Crippen LogP contribution in [0.3, 0.4) is 0 Å². The third kappa shape index (κ3) is 11.7. The Labute approximate surface area is 323 Å². The number of unbranched alkanes of at least 4 members (excludes halogenated alkanes) is 1. The van der Waals surface area contributed by atoms with E-state index in [0.29, 0.717) is 71.1 Å². The average Bonchev–Trinajstić information content (AvgIpc) is 3.17. The van der Waals surface area contributed by atoms with Gasteiger partial charge < -0.3 is 40.6 Å². The molecule has 1 unspecified atom stereocenters. The molecule has 3 atom stereocenters. The molecule has 54 heavy (non-hydrogen) atoms. The molecule has 15 heteroatoms. The predicted molar refractivity (Wildman–Crippen MR) is 206 cm³/mol. The molecular weight excluding hydrogens is 739 g/mol. The summed E-state index contributed by atoms with van der Waals surface area (Å²) in [5.74, 6) is -0.560. The summed E-state index contributed by atoms with van der Waals surface area (Å²) >= 11 is 12.1. The van der Waals surface area contributed by atoms with E-state index in [1.54, 1.807) is 31.4 Å². The first kappa shape index (κ1) is 41.7. The highest BCUT2D eigenvalue weighted by molar-refractivity contribution is 6.38. The number of nitrogen functional groups attached to an aromatic ring is 1. The number of nitrogens with zero attached hydrogens (tertiary/aromatic N) is 2. The van der Waals surface area contributed by atoms with Crippen molar-refractivity contribution in [3.63, 3.8) is 0 Å². The number of nitrogens with two attached hydrogens (primary N) is 1. The Morgan fingerprint density at radius 3 is 2.19 bits per heavy atom. The Hall–Kier alpha value is -5.08. The van der Waals surface area contributed by atoms with Crippen LogP contribution in [0.5, 0.6) is 17.2 Å². The molecule has 0 spiro atoms. The minimum absolute atomic E-state index is 0.0183. The molecule has 0 aromatic heterocycles. The summed E-state index contributed by atoms with van der Waals surface area (Å²) in [7, 11) is 3.23.